The van der Waals surface area contributed by atoms with Gasteiger partial charge in [-0.3, -0.25) is 4.79 Å². The molecule has 0 N–H and O–H groups in total. The van der Waals surface area contributed by atoms with Crippen molar-refractivity contribution in [1.29, 1.82) is 0 Å². The zero-order valence-corrected chi connectivity index (χ0v) is 15.2. The second-order valence-electron chi connectivity index (χ2n) is 5.58. The Hall–Kier alpha value is -2.44. The number of hydrogen-bond donors (Lipinski definition) is 0. The van der Waals surface area contributed by atoms with Crippen LogP contribution in [0.2, 0.25) is 0 Å². The van der Waals surface area contributed by atoms with Crippen LogP contribution in [0.15, 0.2) is 65.1 Å². The number of aromatic nitrogens is 3. The van der Waals surface area contributed by atoms with Crippen LogP contribution in [0.1, 0.15) is 15.4 Å². The van der Waals surface area contributed by atoms with Crippen LogP contribution in [0.4, 0.5) is 0 Å². The van der Waals surface area contributed by atoms with Crippen LogP contribution in [0.25, 0.3) is 16.8 Å². The van der Waals surface area contributed by atoms with Crippen LogP contribution < -0.4 is 0 Å². The van der Waals surface area contributed by atoms with Gasteiger partial charge < -0.3 is 0 Å². The number of carbonyl (C=O) groups is 1. The van der Waals surface area contributed by atoms with Crippen molar-refractivity contribution in [3.8, 4) is 11.1 Å². The number of thiophene rings is 1. The summed E-state index contributed by atoms with van der Waals surface area (Å²) in [6.07, 6.45) is 1.84. The minimum absolute atomic E-state index is 0.137. The van der Waals surface area contributed by atoms with Crippen LogP contribution in [0.5, 0.6) is 0 Å². The molecule has 0 saturated heterocycles. The zero-order chi connectivity index (χ0) is 17.2. The molecule has 0 aliphatic rings. The van der Waals surface area contributed by atoms with E-state index in [-0.39, 0.29) is 5.78 Å². The molecule has 1 aromatic carbocycles. The number of benzene rings is 1. The maximum absolute atomic E-state index is 12.3. The van der Waals surface area contributed by atoms with Gasteiger partial charge in [0.1, 0.15) is 5.03 Å². The van der Waals surface area contributed by atoms with Crippen LogP contribution in [0.3, 0.4) is 0 Å². The normalized spacial score (nSPS) is 11.1. The Balaban J connectivity index is 1.68. The van der Waals surface area contributed by atoms with Crippen molar-refractivity contribution in [2.45, 2.75) is 11.9 Å². The third-order valence-corrected chi connectivity index (χ3v) is 5.70. The molecule has 4 nitrogen and oxygen atoms in total. The fourth-order valence-electron chi connectivity index (χ4n) is 2.62. The Kier molecular flexibility index (Phi) is 4.38. The van der Waals surface area contributed by atoms with Gasteiger partial charge in [-0.25, -0.2) is 9.50 Å². The molecule has 3 heterocycles. The largest absolute Gasteiger partial charge is 0.292 e. The van der Waals surface area contributed by atoms with Gasteiger partial charge in [-0.05, 0) is 30.0 Å². The van der Waals surface area contributed by atoms with Crippen LogP contribution in [0, 0.1) is 6.92 Å². The van der Waals surface area contributed by atoms with Gasteiger partial charge in [0.15, 0.2) is 11.4 Å². The average molecular weight is 365 g/mol. The average Bonchev–Trinajstić information content (AvgIpc) is 3.30. The Morgan fingerprint density at radius 2 is 2.04 bits per heavy atom. The molecule has 0 amide bonds. The van der Waals surface area contributed by atoms with Gasteiger partial charge in [0.25, 0.3) is 0 Å². The highest BCUT2D eigenvalue weighted by atomic mass is 32.2. The molecule has 0 unspecified atom stereocenters. The molecule has 0 bridgehead atoms. The monoisotopic (exact) mass is 365 g/mol. The van der Waals surface area contributed by atoms with Gasteiger partial charge in [0.05, 0.1) is 16.8 Å². The molecule has 0 spiro atoms. The van der Waals surface area contributed by atoms with Gasteiger partial charge in [-0.1, -0.05) is 48.2 Å². The SMILES string of the molecule is Cc1cc(SCC(=O)c2cccs2)n2ncc(-c3ccccc3)c2n1. The second kappa shape index (κ2) is 6.82. The number of rotatable bonds is 5. The van der Waals surface area contributed by atoms with Crippen molar-refractivity contribution in [2.24, 2.45) is 0 Å². The standard InChI is InChI=1S/C19H15N3OS2/c1-13-10-18(25-12-16(23)17-8-5-9-24-17)22-19(21-13)15(11-20-22)14-6-3-2-4-7-14/h2-11H,12H2,1H3. The molecule has 124 valence electrons. The lowest BCUT2D eigenvalue weighted by Crippen LogP contribution is -2.03. The maximum atomic E-state index is 12.3. The Labute approximate surface area is 153 Å². The smallest absolute Gasteiger partial charge is 0.183 e. The highest BCUT2D eigenvalue weighted by Crippen LogP contribution is 2.28. The van der Waals surface area contributed by atoms with E-state index in [4.69, 9.17) is 0 Å². The Bertz CT molecular complexity index is 1020. The van der Waals surface area contributed by atoms with Crippen molar-refractivity contribution in [2.75, 3.05) is 5.75 Å². The van der Waals surface area contributed by atoms with Crippen LogP contribution in [-0.4, -0.2) is 26.1 Å². The minimum atomic E-state index is 0.137. The van der Waals surface area contributed by atoms with Crippen molar-refractivity contribution < 1.29 is 4.79 Å². The highest BCUT2D eigenvalue weighted by Gasteiger charge is 2.14. The number of Topliss-reactive ketones (excluding diaryl/α,β-unsaturated/α-hetero) is 1. The number of hydrogen-bond acceptors (Lipinski definition) is 5. The zero-order valence-electron chi connectivity index (χ0n) is 13.5. The molecule has 0 saturated carbocycles. The Morgan fingerprint density at radius 1 is 1.20 bits per heavy atom. The molecule has 0 aliphatic carbocycles. The lowest BCUT2D eigenvalue weighted by atomic mass is 10.1. The molecule has 0 aliphatic heterocycles. The number of thioether (sulfide) groups is 1. The topological polar surface area (TPSA) is 47.3 Å². The summed E-state index contributed by atoms with van der Waals surface area (Å²) < 4.78 is 1.82. The summed E-state index contributed by atoms with van der Waals surface area (Å²) in [6.45, 7) is 1.97. The van der Waals surface area contributed by atoms with Crippen molar-refractivity contribution in [3.63, 3.8) is 0 Å². The highest BCUT2D eigenvalue weighted by molar-refractivity contribution is 8.00. The van der Waals surface area contributed by atoms with E-state index in [9.17, 15) is 4.79 Å². The first-order valence-electron chi connectivity index (χ1n) is 7.82. The molecule has 25 heavy (non-hydrogen) atoms. The number of fused-ring (bicyclic) bond motifs is 1. The first-order valence-corrected chi connectivity index (χ1v) is 9.69. The van der Waals surface area contributed by atoms with Crippen molar-refractivity contribution in [1.82, 2.24) is 14.6 Å². The molecule has 4 aromatic rings. The predicted molar refractivity (Wildman–Crippen MR) is 103 cm³/mol. The molecule has 4 rings (SSSR count). The summed E-state index contributed by atoms with van der Waals surface area (Å²) in [5.74, 6) is 0.526. The van der Waals surface area contributed by atoms with Gasteiger partial charge >= 0.3 is 0 Å². The molecule has 0 atom stereocenters. The number of aryl methyl sites for hydroxylation is 1. The third-order valence-electron chi connectivity index (χ3n) is 3.80. The molecule has 6 heteroatoms. The van der Waals surface area contributed by atoms with Crippen molar-refractivity contribution in [3.05, 3.63) is 70.7 Å². The van der Waals surface area contributed by atoms with Gasteiger partial charge in [0.2, 0.25) is 0 Å². The van der Waals surface area contributed by atoms with Gasteiger partial charge in [0, 0.05) is 11.3 Å². The van der Waals surface area contributed by atoms with E-state index in [1.807, 2.05) is 71.5 Å². The molecule has 0 fully saturated rings. The van der Waals surface area contributed by atoms with E-state index >= 15 is 0 Å². The van der Waals surface area contributed by atoms with E-state index in [2.05, 4.69) is 10.1 Å². The Morgan fingerprint density at radius 3 is 2.80 bits per heavy atom. The quantitative estimate of drug-likeness (QED) is 0.291. The summed E-state index contributed by atoms with van der Waals surface area (Å²) in [5, 5.41) is 7.35. The molecule has 0 radical (unpaired) electrons. The predicted octanol–water partition coefficient (Wildman–Crippen LogP) is 4.74. The fourth-order valence-corrected chi connectivity index (χ4v) is 4.32. The van der Waals surface area contributed by atoms with Gasteiger partial charge in [-0.2, -0.15) is 5.10 Å². The first-order chi connectivity index (χ1) is 12.2. The number of nitrogens with zero attached hydrogens (tertiary/aromatic N) is 3. The lowest BCUT2D eigenvalue weighted by Gasteiger charge is -2.06. The maximum Gasteiger partial charge on any atom is 0.183 e. The second-order valence-corrected chi connectivity index (χ2v) is 7.53. The summed E-state index contributed by atoms with van der Waals surface area (Å²) in [7, 11) is 0. The van der Waals surface area contributed by atoms with E-state index < -0.39 is 0 Å². The number of carbonyl (C=O) groups excluding carboxylic acids is 1. The van der Waals surface area contributed by atoms with E-state index in [1.165, 1.54) is 23.1 Å². The van der Waals surface area contributed by atoms with Gasteiger partial charge in [-0.15, -0.1) is 11.3 Å². The molecule has 3 aromatic heterocycles. The summed E-state index contributed by atoms with van der Waals surface area (Å²) >= 11 is 2.97. The molecular formula is C19H15N3OS2. The van der Waals surface area contributed by atoms with Crippen molar-refractivity contribution >= 4 is 34.5 Å². The summed E-state index contributed by atoms with van der Waals surface area (Å²) in [5.41, 5.74) is 3.81. The van der Waals surface area contributed by atoms with Crippen LogP contribution >= 0.6 is 23.1 Å². The van der Waals surface area contributed by atoms with E-state index in [0.717, 1.165) is 32.4 Å². The van der Waals surface area contributed by atoms with E-state index in [0.29, 0.717) is 5.75 Å². The van der Waals surface area contributed by atoms with E-state index in [1.54, 1.807) is 0 Å². The fraction of sp³-hybridized carbons (Fsp3) is 0.105. The minimum Gasteiger partial charge on any atom is -0.292 e. The first kappa shape index (κ1) is 16.1. The van der Waals surface area contributed by atoms with Crippen LogP contribution in [-0.2, 0) is 0 Å². The lowest BCUT2D eigenvalue weighted by molar-refractivity contribution is 0.102. The number of ketones is 1. The third kappa shape index (κ3) is 3.23. The summed E-state index contributed by atoms with van der Waals surface area (Å²) in [4.78, 5) is 17.7. The molecular weight excluding hydrogens is 350 g/mol. The summed E-state index contributed by atoms with van der Waals surface area (Å²) in [6, 6.07) is 15.8.